The highest BCUT2D eigenvalue weighted by molar-refractivity contribution is 7.59. The molecule has 1 aromatic carbocycles. The molecule has 0 radical (unpaired) electrons. The van der Waals surface area contributed by atoms with Crippen molar-refractivity contribution < 1.29 is 9.53 Å². The number of nitrogens with zero attached hydrogens (tertiary/aromatic N) is 5. The van der Waals surface area contributed by atoms with E-state index in [1.54, 1.807) is 18.6 Å². The number of nitrogens with one attached hydrogen (secondary N) is 3. The fourth-order valence-electron chi connectivity index (χ4n) is 5.02. The maximum atomic E-state index is 12.7. The predicted molar refractivity (Wildman–Crippen MR) is 167 cm³/mol. The van der Waals surface area contributed by atoms with Gasteiger partial charge in [-0.1, -0.05) is 12.1 Å². The van der Waals surface area contributed by atoms with Crippen molar-refractivity contribution in [1.29, 1.82) is 0 Å². The van der Waals surface area contributed by atoms with Crippen molar-refractivity contribution in [2.24, 2.45) is 5.73 Å². The highest BCUT2D eigenvalue weighted by atomic mass is 32.1. The first kappa shape index (κ1) is 30.7. The smallest absolute Gasteiger partial charge is 0.234 e. The van der Waals surface area contributed by atoms with Crippen LogP contribution in [0.1, 0.15) is 18.4 Å². The number of hydrogen-bond donors (Lipinski definition) is 4. The van der Waals surface area contributed by atoms with Gasteiger partial charge in [0.15, 0.2) is 0 Å². The molecule has 8 bridgehead atoms. The van der Waals surface area contributed by atoms with E-state index < -0.39 is 0 Å². The van der Waals surface area contributed by atoms with Gasteiger partial charge in [0.25, 0.3) is 0 Å². The number of nitrogens with two attached hydrogens (primary N) is 1. The van der Waals surface area contributed by atoms with E-state index in [2.05, 4.69) is 58.9 Å². The van der Waals surface area contributed by atoms with E-state index in [1.807, 2.05) is 18.2 Å². The van der Waals surface area contributed by atoms with Crippen LogP contribution in [-0.4, -0.2) is 95.7 Å². The van der Waals surface area contributed by atoms with Gasteiger partial charge in [0.1, 0.15) is 5.82 Å². The van der Waals surface area contributed by atoms with Gasteiger partial charge < -0.3 is 26.4 Å². The van der Waals surface area contributed by atoms with Crippen molar-refractivity contribution in [2.45, 2.75) is 25.4 Å². The molecule has 5 aliphatic rings. The zero-order chi connectivity index (χ0) is 27.6. The van der Waals surface area contributed by atoms with Gasteiger partial charge in [0.2, 0.25) is 11.9 Å². The number of pyridine rings is 1. The van der Waals surface area contributed by atoms with Gasteiger partial charge in [0.05, 0.1) is 13.2 Å². The van der Waals surface area contributed by atoms with E-state index in [-0.39, 0.29) is 25.4 Å². The third-order valence-corrected chi connectivity index (χ3v) is 7.15. The third-order valence-electron chi connectivity index (χ3n) is 7.15. The van der Waals surface area contributed by atoms with Gasteiger partial charge in [0, 0.05) is 81.8 Å². The Morgan fingerprint density at radius 1 is 1.00 bits per heavy atom. The van der Waals surface area contributed by atoms with Gasteiger partial charge in [-0.25, -0.2) is 15.0 Å². The van der Waals surface area contributed by atoms with E-state index in [4.69, 9.17) is 10.5 Å². The topological polar surface area (TPSA) is 134 Å². The molecule has 0 saturated carbocycles. The molecule has 7 heterocycles. The minimum absolute atomic E-state index is 0. The average molecular weight is 580 g/mol. The number of hydrogen-bond acceptors (Lipinski definition) is 10. The molecule has 1 amide bonds. The molecule has 1 saturated heterocycles. The van der Waals surface area contributed by atoms with Gasteiger partial charge in [-0.2, -0.15) is 13.5 Å². The van der Waals surface area contributed by atoms with Gasteiger partial charge in [-0.15, -0.1) is 0 Å². The van der Waals surface area contributed by atoms with Crippen molar-refractivity contribution >= 4 is 36.9 Å². The van der Waals surface area contributed by atoms with Crippen molar-refractivity contribution in [2.75, 3.05) is 69.7 Å². The minimum atomic E-state index is 0. The molecule has 1 fully saturated rings. The van der Waals surface area contributed by atoms with Crippen molar-refractivity contribution in [3.8, 4) is 11.1 Å². The Morgan fingerprint density at radius 2 is 1.85 bits per heavy atom. The molecule has 3 atom stereocenters. The molecule has 0 aliphatic carbocycles. The van der Waals surface area contributed by atoms with Crippen LogP contribution in [0.25, 0.3) is 11.1 Å². The number of carbonyl (C=O) groups excluding carboxylic acids is 1. The summed E-state index contributed by atoms with van der Waals surface area (Å²) >= 11 is 0. The number of carbonyl (C=O) groups is 1. The summed E-state index contributed by atoms with van der Waals surface area (Å²) in [6.07, 6.45) is 7.02. The normalized spacial score (nSPS) is 21.2. The Hall–Kier alpha value is -3.29. The number of ether oxygens (including phenoxy) is 1. The van der Waals surface area contributed by atoms with E-state index >= 15 is 0 Å². The molecule has 5 N–H and O–H groups in total. The summed E-state index contributed by atoms with van der Waals surface area (Å²) in [4.78, 5) is 30.8. The fraction of sp³-hybridized carbons (Fsp3) is 0.448. The molecule has 0 spiro atoms. The monoisotopic (exact) mass is 579 g/mol. The predicted octanol–water partition coefficient (Wildman–Crippen LogP) is 2.18. The first-order valence-electron chi connectivity index (χ1n) is 14.1. The molecular weight excluding hydrogens is 538 g/mol. The van der Waals surface area contributed by atoms with Crippen LogP contribution in [0.3, 0.4) is 0 Å². The lowest BCUT2D eigenvalue weighted by Crippen LogP contribution is -2.56. The highest BCUT2D eigenvalue weighted by Gasteiger charge is 2.28. The van der Waals surface area contributed by atoms with E-state index in [0.717, 1.165) is 61.7 Å². The molecule has 12 heteroatoms. The second kappa shape index (κ2) is 15.6. The molecule has 3 unspecified atom stereocenters. The largest absolute Gasteiger partial charge is 0.380 e. The maximum Gasteiger partial charge on any atom is 0.234 e. The molecule has 41 heavy (non-hydrogen) atoms. The lowest BCUT2D eigenvalue weighted by atomic mass is 10.1. The summed E-state index contributed by atoms with van der Waals surface area (Å²) in [5, 5.41) is 9.74. The van der Waals surface area contributed by atoms with Crippen LogP contribution in [0.4, 0.5) is 17.5 Å². The third kappa shape index (κ3) is 9.10. The van der Waals surface area contributed by atoms with E-state index in [0.29, 0.717) is 45.3 Å². The van der Waals surface area contributed by atoms with Crippen LogP contribution < -0.4 is 21.7 Å². The van der Waals surface area contributed by atoms with Gasteiger partial charge >= 0.3 is 0 Å². The number of amides is 1. The van der Waals surface area contributed by atoms with Crippen LogP contribution in [0, 0.1) is 0 Å². The molecule has 220 valence electrons. The zero-order valence-corrected chi connectivity index (χ0v) is 24.4. The molecule has 5 aliphatic heterocycles. The second-order valence-corrected chi connectivity index (χ2v) is 10.3. The van der Waals surface area contributed by atoms with E-state index in [9.17, 15) is 4.79 Å². The van der Waals surface area contributed by atoms with Crippen molar-refractivity contribution in [3.05, 3.63) is 60.6 Å². The van der Waals surface area contributed by atoms with E-state index in [1.165, 1.54) is 5.56 Å². The Morgan fingerprint density at radius 3 is 2.71 bits per heavy atom. The first-order chi connectivity index (χ1) is 19.7. The Kier molecular flexibility index (Phi) is 11.7. The van der Waals surface area contributed by atoms with Gasteiger partial charge in [-0.3, -0.25) is 14.6 Å². The standard InChI is InChI=1S/C29H39N9O2.H2S/c30-7-2-13-40-21-26-19-37-11-12-38(26)18-22-4-1-5-25(14-22)36-27-15-23(6-10-31-27)24-16-34-29(35-17-24)33-9-3-8-32-28(39)20-37;/h1,4-6,10,14-17,26H,2-3,7-9,11-13,18-21,30H2,(H,31,36)(H,32,39)(H,33,34,35);1H2. The summed E-state index contributed by atoms with van der Waals surface area (Å²) in [5.41, 5.74) is 9.73. The zero-order valence-electron chi connectivity index (χ0n) is 23.4. The quantitative estimate of drug-likeness (QED) is 0.333. The average Bonchev–Trinajstić information content (AvgIpc) is 2.97. The summed E-state index contributed by atoms with van der Waals surface area (Å²) in [7, 11) is 0. The Labute approximate surface area is 248 Å². The van der Waals surface area contributed by atoms with Crippen molar-refractivity contribution in [1.82, 2.24) is 30.1 Å². The molecule has 3 aromatic rings. The number of benzene rings is 1. The van der Waals surface area contributed by atoms with Crippen LogP contribution >= 0.6 is 13.5 Å². The van der Waals surface area contributed by atoms with Crippen molar-refractivity contribution in [3.63, 3.8) is 0 Å². The SMILES string of the molecule is NCCCOCC1CN2CCN1Cc1cccc(c1)Nc1cc(ccn1)-c1cnc(nc1)NCCCNC(=O)C2.S. The Balaban J connectivity index is 0.00000387. The summed E-state index contributed by atoms with van der Waals surface area (Å²) in [5.74, 6) is 1.37. The van der Waals surface area contributed by atoms with Crippen LogP contribution in [0.2, 0.25) is 0 Å². The van der Waals surface area contributed by atoms with Crippen LogP contribution in [-0.2, 0) is 16.1 Å². The molecular formula is C29H41N9O2S. The number of aromatic nitrogens is 3. The minimum Gasteiger partial charge on any atom is -0.380 e. The lowest BCUT2D eigenvalue weighted by Gasteiger charge is -2.41. The van der Waals surface area contributed by atoms with Gasteiger partial charge in [-0.05, 0) is 54.8 Å². The molecule has 2 aromatic heterocycles. The second-order valence-electron chi connectivity index (χ2n) is 10.3. The molecule has 11 nitrogen and oxygen atoms in total. The highest BCUT2D eigenvalue weighted by Crippen LogP contribution is 2.24. The number of rotatable bonds is 5. The maximum absolute atomic E-state index is 12.7. The lowest BCUT2D eigenvalue weighted by molar-refractivity contribution is -0.123. The number of anilines is 3. The summed E-state index contributed by atoms with van der Waals surface area (Å²) in [6, 6.07) is 12.6. The molecule has 8 rings (SSSR count). The summed E-state index contributed by atoms with van der Waals surface area (Å²) < 4.78 is 5.99. The number of piperazine rings is 1. The van der Waals surface area contributed by atoms with Crippen LogP contribution in [0.5, 0.6) is 0 Å². The Bertz CT molecular complexity index is 1250. The summed E-state index contributed by atoms with van der Waals surface area (Å²) in [6.45, 7) is 6.79. The fourth-order valence-corrected chi connectivity index (χ4v) is 5.02. The van der Waals surface area contributed by atoms with Crippen LogP contribution in [0.15, 0.2) is 55.0 Å². The first-order valence-corrected chi connectivity index (χ1v) is 14.1.